The molecule has 1 heterocycles. The van der Waals surface area contributed by atoms with Crippen LogP contribution in [-0.4, -0.2) is 12.5 Å². The fourth-order valence-corrected chi connectivity index (χ4v) is 6.30. The minimum absolute atomic E-state index is 0.263. The molecule has 1 unspecified atom stereocenters. The Kier molecular flexibility index (Phi) is 3.35. The first-order valence-electron chi connectivity index (χ1n) is 8.55. The van der Waals surface area contributed by atoms with Crippen molar-refractivity contribution in [3.8, 4) is 11.1 Å². The molecule has 1 aliphatic rings. The Bertz CT molecular complexity index is 953. The van der Waals surface area contributed by atoms with Crippen LogP contribution in [0.5, 0.6) is 0 Å². The predicted molar refractivity (Wildman–Crippen MR) is 107 cm³/mol. The van der Waals surface area contributed by atoms with E-state index in [-0.39, 0.29) is 5.54 Å². The Balaban J connectivity index is 2.04. The molecule has 0 bridgehead atoms. The maximum absolute atomic E-state index is 6.52. The zero-order chi connectivity index (χ0) is 17.1. The van der Waals surface area contributed by atoms with Crippen LogP contribution < -0.4 is 5.73 Å². The normalized spacial score (nSPS) is 18.7. The van der Waals surface area contributed by atoms with Gasteiger partial charge in [0.05, 0.1) is 0 Å². The van der Waals surface area contributed by atoms with Gasteiger partial charge < -0.3 is 5.73 Å². The van der Waals surface area contributed by atoms with Crippen LogP contribution in [0.2, 0.25) is 0 Å². The van der Waals surface area contributed by atoms with Gasteiger partial charge in [-0.1, -0.05) is 49.4 Å². The summed E-state index contributed by atoms with van der Waals surface area (Å²) in [7, 11) is -1.00. The van der Waals surface area contributed by atoms with Crippen LogP contribution in [0.1, 0.15) is 25.8 Å². The second-order valence-corrected chi connectivity index (χ2v) is 11.0. The average Bonchev–Trinajstić information content (AvgIpc) is 2.82. The molecule has 0 spiro atoms. The summed E-state index contributed by atoms with van der Waals surface area (Å²) in [4.78, 5) is 2.99. The predicted octanol–water partition coefficient (Wildman–Crippen LogP) is 5.89. The molecule has 124 valence electrons. The first-order chi connectivity index (χ1) is 11.4. The number of fused-ring (bicyclic) bond motifs is 5. The first-order valence-corrected chi connectivity index (χ1v) is 11.0. The molecule has 1 atom stereocenters. The molecule has 1 nitrogen and oxygen atoms in total. The average molecular weight is 336 g/mol. The molecule has 0 radical (unpaired) electrons. The SMILES string of the molecule is CCC(C)(N)c1ccc2c(c1)S(C)(C)c1ccc3ccccc3c1-2. The Hall–Kier alpha value is -1.77. The fraction of sp³-hybridized carbons (Fsp3) is 0.273. The van der Waals surface area contributed by atoms with Crippen molar-refractivity contribution in [3.63, 3.8) is 0 Å². The number of rotatable bonds is 2. The third-order valence-corrected chi connectivity index (χ3v) is 8.51. The smallest absolute Gasteiger partial charge is 0.0378 e. The molecule has 2 N–H and O–H groups in total. The first kappa shape index (κ1) is 15.7. The zero-order valence-electron chi connectivity index (χ0n) is 14.9. The zero-order valence-corrected chi connectivity index (χ0v) is 15.7. The van der Waals surface area contributed by atoms with Crippen molar-refractivity contribution in [1.29, 1.82) is 0 Å². The van der Waals surface area contributed by atoms with Gasteiger partial charge in [-0.2, -0.15) is 10.0 Å². The molecule has 24 heavy (non-hydrogen) atoms. The van der Waals surface area contributed by atoms with E-state index in [1.54, 1.807) is 0 Å². The summed E-state index contributed by atoms with van der Waals surface area (Å²) >= 11 is 0. The number of hydrogen-bond acceptors (Lipinski definition) is 1. The number of nitrogens with two attached hydrogens (primary N) is 1. The molecule has 0 fully saturated rings. The Labute approximate surface area is 146 Å². The van der Waals surface area contributed by atoms with Crippen LogP contribution in [0.25, 0.3) is 21.9 Å². The van der Waals surface area contributed by atoms with Crippen molar-refractivity contribution in [2.75, 3.05) is 12.5 Å². The van der Waals surface area contributed by atoms with Crippen molar-refractivity contribution in [3.05, 3.63) is 60.2 Å². The van der Waals surface area contributed by atoms with E-state index in [4.69, 9.17) is 5.73 Å². The number of benzene rings is 3. The Morgan fingerprint density at radius 2 is 1.71 bits per heavy atom. The van der Waals surface area contributed by atoms with E-state index < -0.39 is 10.0 Å². The van der Waals surface area contributed by atoms with Gasteiger partial charge >= 0.3 is 0 Å². The largest absolute Gasteiger partial charge is 0.322 e. The molecule has 2 heteroatoms. The van der Waals surface area contributed by atoms with Gasteiger partial charge in [0.2, 0.25) is 0 Å². The van der Waals surface area contributed by atoms with Crippen LogP contribution >= 0.6 is 10.0 Å². The second-order valence-electron chi connectivity index (χ2n) is 7.47. The maximum Gasteiger partial charge on any atom is 0.0378 e. The van der Waals surface area contributed by atoms with Crippen molar-refractivity contribution >= 4 is 20.8 Å². The molecule has 0 aliphatic carbocycles. The van der Waals surface area contributed by atoms with E-state index in [9.17, 15) is 0 Å². The molecular weight excluding hydrogens is 310 g/mol. The molecule has 0 amide bonds. The summed E-state index contributed by atoms with van der Waals surface area (Å²) in [5.74, 6) is 0. The summed E-state index contributed by atoms with van der Waals surface area (Å²) in [5, 5.41) is 2.69. The van der Waals surface area contributed by atoms with Crippen LogP contribution in [0.3, 0.4) is 0 Å². The fourth-order valence-electron chi connectivity index (χ4n) is 3.78. The van der Waals surface area contributed by atoms with E-state index in [0.29, 0.717) is 0 Å². The third kappa shape index (κ3) is 2.06. The molecule has 0 aromatic heterocycles. The van der Waals surface area contributed by atoms with Gasteiger partial charge in [0.1, 0.15) is 0 Å². The molecular formula is C22H25NS. The van der Waals surface area contributed by atoms with Crippen LogP contribution in [0.15, 0.2) is 64.4 Å². The van der Waals surface area contributed by atoms with E-state index in [1.165, 1.54) is 37.3 Å². The molecule has 0 saturated heterocycles. The van der Waals surface area contributed by atoms with Crippen molar-refractivity contribution in [2.24, 2.45) is 5.73 Å². The highest BCUT2D eigenvalue weighted by molar-refractivity contribution is 8.33. The standard InChI is InChI=1S/C22H25NS/c1-5-22(2,23)16-11-12-18-20(14-16)24(3,4)19-13-10-15-8-6-7-9-17(15)21(18)19/h6-14H,5,23H2,1-4H3. The monoisotopic (exact) mass is 335 g/mol. The summed E-state index contributed by atoms with van der Waals surface area (Å²) in [6, 6.07) is 20.3. The summed E-state index contributed by atoms with van der Waals surface area (Å²) < 4.78 is 0. The summed E-state index contributed by atoms with van der Waals surface area (Å²) in [6.45, 7) is 4.29. The van der Waals surface area contributed by atoms with Gasteiger partial charge in [-0.3, -0.25) is 0 Å². The lowest BCUT2D eigenvalue weighted by atomic mass is 9.89. The van der Waals surface area contributed by atoms with Gasteiger partial charge in [0, 0.05) is 20.9 Å². The lowest BCUT2D eigenvalue weighted by Crippen LogP contribution is -2.31. The lowest BCUT2D eigenvalue weighted by Gasteiger charge is -2.30. The van der Waals surface area contributed by atoms with E-state index in [1.807, 2.05) is 0 Å². The summed E-state index contributed by atoms with van der Waals surface area (Å²) in [5.41, 5.74) is 10.3. The van der Waals surface area contributed by atoms with Gasteiger partial charge in [-0.25, -0.2) is 0 Å². The lowest BCUT2D eigenvalue weighted by molar-refractivity contribution is 0.475. The molecule has 4 rings (SSSR count). The van der Waals surface area contributed by atoms with Crippen LogP contribution in [0.4, 0.5) is 0 Å². The highest BCUT2D eigenvalue weighted by atomic mass is 32.3. The van der Waals surface area contributed by atoms with E-state index >= 15 is 0 Å². The molecule has 1 aliphatic heterocycles. The van der Waals surface area contributed by atoms with Gasteiger partial charge in [-0.15, -0.1) is 0 Å². The highest BCUT2D eigenvalue weighted by Gasteiger charge is 2.34. The molecule has 0 saturated carbocycles. The summed E-state index contributed by atoms with van der Waals surface area (Å²) in [6.07, 6.45) is 5.77. The Morgan fingerprint density at radius 1 is 0.958 bits per heavy atom. The van der Waals surface area contributed by atoms with Gasteiger partial charge in [0.15, 0.2) is 0 Å². The van der Waals surface area contributed by atoms with Crippen molar-refractivity contribution < 1.29 is 0 Å². The highest BCUT2D eigenvalue weighted by Crippen LogP contribution is 2.68. The van der Waals surface area contributed by atoms with Gasteiger partial charge in [0.25, 0.3) is 0 Å². The topological polar surface area (TPSA) is 26.0 Å². The van der Waals surface area contributed by atoms with Crippen molar-refractivity contribution in [2.45, 2.75) is 35.6 Å². The maximum atomic E-state index is 6.52. The Morgan fingerprint density at radius 3 is 2.46 bits per heavy atom. The second kappa shape index (κ2) is 5.11. The van der Waals surface area contributed by atoms with E-state index in [2.05, 4.69) is 81.0 Å². The van der Waals surface area contributed by atoms with Crippen molar-refractivity contribution in [1.82, 2.24) is 0 Å². The number of hydrogen-bond donors (Lipinski definition) is 1. The molecule has 3 aromatic carbocycles. The van der Waals surface area contributed by atoms with E-state index in [0.717, 1.165) is 6.42 Å². The van der Waals surface area contributed by atoms with Crippen LogP contribution in [0, 0.1) is 0 Å². The minimum atomic E-state index is -1.00. The van der Waals surface area contributed by atoms with Crippen LogP contribution in [-0.2, 0) is 5.54 Å². The third-order valence-electron chi connectivity index (χ3n) is 5.64. The molecule has 3 aromatic rings. The quantitative estimate of drug-likeness (QED) is 0.621. The minimum Gasteiger partial charge on any atom is -0.322 e. The van der Waals surface area contributed by atoms with Gasteiger partial charge in [-0.05, 0) is 59.9 Å².